The number of carbonyl (C=O) groups is 1. The van der Waals surface area contributed by atoms with E-state index in [4.69, 9.17) is 14.7 Å². The molecule has 1 aromatic heterocycles. The number of ether oxygens (including phenoxy) is 2. The van der Waals surface area contributed by atoms with Gasteiger partial charge in [-0.05, 0) is 25.3 Å². The van der Waals surface area contributed by atoms with Gasteiger partial charge in [-0.15, -0.1) is 11.3 Å². The van der Waals surface area contributed by atoms with E-state index in [-0.39, 0.29) is 6.10 Å². The molecule has 1 unspecified atom stereocenters. The summed E-state index contributed by atoms with van der Waals surface area (Å²) in [6, 6.07) is 3.56. The van der Waals surface area contributed by atoms with E-state index in [2.05, 4.69) is 0 Å². The molecule has 0 radical (unpaired) electrons. The first kappa shape index (κ1) is 12.7. The van der Waals surface area contributed by atoms with E-state index in [1.165, 1.54) is 11.3 Å². The van der Waals surface area contributed by atoms with Crippen molar-refractivity contribution in [3.8, 4) is 6.07 Å². The molecule has 0 saturated carbocycles. The number of esters is 1. The van der Waals surface area contributed by atoms with Gasteiger partial charge in [-0.2, -0.15) is 5.26 Å². The quantitative estimate of drug-likeness (QED) is 0.739. The Bertz CT molecular complexity index is 394. The maximum atomic E-state index is 11.6. The Labute approximate surface area is 98.4 Å². The van der Waals surface area contributed by atoms with E-state index < -0.39 is 5.97 Å². The molecule has 0 aliphatic heterocycles. The summed E-state index contributed by atoms with van der Waals surface area (Å²) in [6.45, 7) is 4.59. The van der Waals surface area contributed by atoms with Crippen LogP contribution in [0.3, 0.4) is 0 Å². The Morgan fingerprint density at radius 2 is 2.44 bits per heavy atom. The number of thiophene rings is 1. The zero-order valence-electron chi connectivity index (χ0n) is 9.23. The molecule has 0 fully saturated rings. The first-order chi connectivity index (χ1) is 7.69. The molecule has 0 saturated heterocycles. The Morgan fingerprint density at radius 3 is 3.06 bits per heavy atom. The van der Waals surface area contributed by atoms with Crippen LogP contribution in [0.15, 0.2) is 11.4 Å². The first-order valence-corrected chi connectivity index (χ1v) is 5.83. The highest BCUT2D eigenvalue weighted by atomic mass is 32.1. The number of hydrogen-bond acceptors (Lipinski definition) is 5. The predicted octanol–water partition coefficient (Wildman–Crippen LogP) is 2.20. The molecule has 0 bridgehead atoms. The van der Waals surface area contributed by atoms with E-state index in [0.717, 1.165) is 0 Å². The van der Waals surface area contributed by atoms with Crippen molar-refractivity contribution in [1.29, 1.82) is 5.26 Å². The highest BCUT2D eigenvalue weighted by Crippen LogP contribution is 2.17. The van der Waals surface area contributed by atoms with Gasteiger partial charge in [0.05, 0.1) is 12.2 Å². The number of carbonyl (C=O) groups excluding carboxylic acids is 1. The Hall–Kier alpha value is -1.38. The topological polar surface area (TPSA) is 59.3 Å². The fourth-order valence-electron chi connectivity index (χ4n) is 1.11. The molecule has 0 spiro atoms. The van der Waals surface area contributed by atoms with Gasteiger partial charge in [-0.3, -0.25) is 0 Å². The highest BCUT2D eigenvalue weighted by Gasteiger charge is 2.17. The van der Waals surface area contributed by atoms with Gasteiger partial charge in [0.2, 0.25) is 0 Å². The van der Waals surface area contributed by atoms with Crippen LogP contribution in [0, 0.1) is 11.3 Å². The Kier molecular flexibility index (Phi) is 4.96. The van der Waals surface area contributed by atoms with E-state index in [1.54, 1.807) is 18.4 Å². The van der Waals surface area contributed by atoms with Crippen LogP contribution >= 0.6 is 11.3 Å². The van der Waals surface area contributed by atoms with Crippen LogP contribution < -0.4 is 0 Å². The summed E-state index contributed by atoms with van der Waals surface area (Å²) in [5, 5.41) is 10.5. The van der Waals surface area contributed by atoms with E-state index in [9.17, 15) is 4.79 Å². The summed E-state index contributed by atoms with van der Waals surface area (Å²) in [5.41, 5.74) is 0.360. The number of rotatable bonds is 5. The van der Waals surface area contributed by atoms with Crippen molar-refractivity contribution in [3.05, 3.63) is 21.9 Å². The highest BCUT2D eigenvalue weighted by molar-refractivity contribution is 7.12. The minimum atomic E-state index is -0.459. The maximum absolute atomic E-state index is 11.6. The van der Waals surface area contributed by atoms with Gasteiger partial charge in [0.1, 0.15) is 17.1 Å². The molecular weight excluding hydrogens is 226 g/mol. The third-order valence-electron chi connectivity index (χ3n) is 1.84. The average molecular weight is 239 g/mol. The van der Waals surface area contributed by atoms with Crippen molar-refractivity contribution < 1.29 is 14.3 Å². The van der Waals surface area contributed by atoms with Crippen LogP contribution in [0.25, 0.3) is 0 Å². The fraction of sp³-hybridized carbons (Fsp3) is 0.455. The zero-order chi connectivity index (χ0) is 12.0. The Morgan fingerprint density at radius 1 is 1.69 bits per heavy atom. The van der Waals surface area contributed by atoms with E-state index >= 15 is 0 Å². The van der Waals surface area contributed by atoms with Gasteiger partial charge in [0.15, 0.2) is 0 Å². The summed E-state index contributed by atoms with van der Waals surface area (Å²) >= 11 is 1.21. The predicted molar refractivity (Wildman–Crippen MR) is 60.4 cm³/mol. The molecule has 0 aliphatic carbocycles. The lowest BCUT2D eigenvalue weighted by molar-refractivity contribution is 0.00482. The number of nitrogens with zero attached hydrogens (tertiary/aromatic N) is 1. The SMILES string of the molecule is CCOCC(C)OC(=O)c1sccc1C#N. The molecule has 86 valence electrons. The molecule has 0 aliphatic rings. The molecule has 1 rings (SSSR count). The van der Waals surface area contributed by atoms with Crippen molar-refractivity contribution in [1.82, 2.24) is 0 Å². The van der Waals surface area contributed by atoms with Crippen LogP contribution in [0.4, 0.5) is 0 Å². The van der Waals surface area contributed by atoms with Crippen LogP contribution in [0.1, 0.15) is 29.1 Å². The Balaban J connectivity index is 2.56. The number of nitriles is 1. The average Bonchev–Trinajstić information content (AvgIpc) is 2.74. The minimum Gasteiger partial charge on any atom is -0.456 e. The summed E-state index contributed by atoms with van der Waals surface area (Å²) in [4.78, 5) is 12.0. The molecule has 0 aromatic carbocycles. The third-order valence-corrected chi connectivity index (χ3v) is 2.73. The van der Waals surface area contributed by atoms with Crippen LogP contribution in [0.2, 0.25) is 0 Å². The van der Waals surface area contributed by atoms with Crippen LogP contribution in [0.5, 0.6) is 0 Å². The van der Waals surface area contributed by atoms with Gasteiger partial charge in [0.25, 0.3) is 0 Å². The summed E-state index contributed by atoms with van der Waals surface area (Å²) in [7, 11) is 0. The van der Waals surface area contributed by atoms with Crippen LogP contribution in [-0.2, 0) is 9.47 Å². The largest absolute Gasteiger partial charge is 0.456 e. The fourth-order valence-corrected chi connectivity index (χ4v) is 1.83. The van der Waals surface area contributed by atoms with E-state index in [1.807, 2.05) is 13.0 Å². The lowest BCUT2D eigenvalue weighted by Gasteiger charge is -2.12. The van der Waals surface area contributed by atoms with Crippen molar-refractivity contribution in [2.24, 2.45) is 0 Å². The van der Waals surface area contributed by atoms with Gasteiger partial charge >= 0.3 is 5.97 Å². The zero-order valence-corrected chi connectivity index (χ0v) is 10.0. The first-order valence-electron chi connectivity index (χ1n) is 4.95. The van der Waals surface area contributed by atoms with Gasteiger partial charge in [-0.25, -0.2) is 4.79 Å². The third kappa shape index (κ3) is 3.33. The lowest BCUT2D eigenvalue weighted by Crippen LogP contribution is -2.20. The molecule has 4 nitrogen and oxygen atoms in total. The van der Waals surface area contributed by atoms with Gasteiger partial charge in [0, 0.05) is 6.61 Å². The van der Waals surface area contributed by atoms with Gasteiger partial charge in [-0.1, -0.05) is 0 Å². The summed E-state index contributed by atoms with van der Waals surface area (Å²) in [6.07, 6.45) is -0.305. The lowest BCUT2D eigenvalue weighted by atomic mass is 10.3. The molecule has 0 N–H and O–H groups in total. The van der Waals surface area contributed by atoms with Gasteiger partial charge < -0.3 is 9.47 Å². The second-order valence-electron chi connectivity index (χ2n) is 3.15. The van der Waals surface area contributed by atoms with Crippen molar-refractivity contribution in [2.75, 3.05) is 13.2 Å². The summed E-state index contributed by atoms with van der Waals surface area (Å²) < 4.78 is 10.3. The molecule has 1 atom stereocenters. The van der Waals surface area contributed by atoms with Crippen molar-refractivity contribution in [2.45, 2.75) is 20.0 Å². The number of hydrogen-bond donors (Lipinski definition) is 0. The molecule has 16 heavy (non-hydrogen) atoms. The normalized spacial score (nSPS) is 11.8. The maximum Gasteiger partial charge on any atom is 0.350 e. The van der Waals surface area contributed by atoms with E-state index in [0.29, 0.717) is 23.7 Å². The standard InChI is InChI=1S/C11H13NO3S/c1-3-14-7-8(2)15-11(13)10-9(6-12)4-5-16-10/h4-5,8H,3,7H2,1-2H3. The second-order valence-corrected chi connectivity index (χ2v) is 4.07. The van der Waals surface area contributed by atoms with Crippen molar-refractivity contribution >= 4 is 17.3 Å². The molecule has 5 heteroatoms. The summed E-state index contributed by atoms with van der Waals surface area (Å²) in [5.74, 6) is -0.459. The molecule has 1 heterocycles. The smallest absolute Gasteiger partial charge is 0.350 e. The minimum absolute atomic E-state index is 0.305. The van der Waals surface area contributed by atoms with Crippen molar-refractivity contribution in [3.63, 3.8) is 0 Å². The molecule has 0 amide bonds. The monoisotopic (exact) mass is 239 g/mol. The van der Waals surface area contributed by atoms with Crippen LogP contribution in [-0.4, -0.2) is 25.3 Å². The molecular formula is C11H13NO3S. The molecule has 1 aromatic rings. The second kappa shape index (κ2) is 6.26.